The van der Waals surface area contributed by atoms with Gasteiger partial charge in [-0.2, -0.15) is 0 Å². The highest BCUT2D eigenvalue weighted by Gasteiger charge is 2.18. The van der Waals surface area contributed by atoms with Gasteiger partial charge in [-0.1, -0.05) is 18.2 Å². The molecule has 0 saturated carbocycles. The summed E-state index contributed by atoms with van der Waals surface area (Å²) in [7, 11) is 1.75. The molecule has 1 saturated heterocycles. The van der Waals surface area contributed by atoms with Gasteiger partial charge in [0.25, 0.3) is 5.91 Å². The Balaban J connectivity index is 1.68. The molecule has 114 valence electrons. The molecule has 2 aromatic rings. The van der Waals surface area contributed by atoms with Crippen molar-refractivity contribution in [1.82, 2.24) is 4.98 Å². The normalized spacial score (nSPS) is 17.2. The molecule has 1 aliphatic heterocycles. The Morgan fingerprint density at radius 3 is 2.73 bits per heavy atom. The highest BCUT2D eigenvalue weighted by Crippen LogP contribution is 2.17. The van der Waals surface area contributed by atoms with Crippen LogP contribution < -0.4 is 9.64 Å². The van der Waals surface area contributed by atoms with E-state index in [2.05, 4.69) is 4.98 Å². The SMILES string of the molecule is CN(C(=O)c1ccc(OC2CCOC2)nc1)c1ccccc1. The van der Waals surface area contributed by atoms with Gasteiger partial charge in [-0.3, -0.25) is 4.79 Å². The van der Waals surface area contributed by atoms with Gasteiger partial charge in [-0.15, -0.1) is 0 Å². The maximum absolute atomic E-state index is 12.4. The molecule has 0 radical (unpaired) electrons. The van der Waals surface area contributed by atoms with Crippen molar-refractivity contribution < 1.29 is 14.3 Å². The second-order valence-corrected chi connectivity index (χ2v) is 5.19. The van der Waals surface area contributed by atoms with Crippen LogP contribution in [0.2, 0.25) is 0 Å². The van der Waals surface area contributed by atoms with Crippen molar-refractivity contribution in [2.45, 2.75) is 12.5 Å². The third-order valence-corrected chi connectivity index (χ3v) is 3.61. The zero-order chi connectivity index (χ0) is 15.4. The molecule has 1 aliphatic rings. The molecule has 1 aromatic heterocycles. The van der Waals surface area contributed by atoms with E-state index in [0.717, 1.165) is 18.7 Å². The minimum atomic E-state index is -0.102. The Morgan fingerprint density at radius 2 is 2.09 bits per heavy atom. The number of hydrogen-bond acceptors (Lipinski definition) is 4. The predicted octanol–water partition coefficient (Wildman–Crippen LogP) is 2.53. The molecule has 0 aliphatic carbocycles. The molecule has 5 nitrogen and oxygen atoms in total. The number of pyridine rings is 1. The number of carbonyl (C=O) groups excluding carboxylic acids is 1. The van der Waals surface area contributed by atoms with E-state index in [4.69, 9.17) is 9.47 Å². The van der Waals surface area contributed by atoms with Crippen LogP contribution in [0.3, 0.4) is 0 Å². The first-order valence-corrected chi connectivity index (χ1v) is 7.27. The van der Waals surface area contributed by atoms with Gasteiger partial charge in [0.1, 0.15) is 6.10 Å². The van der Waals surface area contributed by atoms with E-state index in [1.165, 1.54) is 0 Å². The Labute approximate surface area is 129 Å². The molecular weight excluding hydrogens is 280 g/mol. The van der Waals surface area contributed by atoms with Crippen LogP contribution in [0.4, 0.5) is 5.69 Å². The van der Waals surface area contributed by atoms with Gasteiger partial charge < -0.3 is 14.4 Å². The number of anilines is 1. The number of benzene rings is 1. The predicted molar refractivity (Wildman–Crippen MR) is 83.3 cm³/mol. The Morgan fingerprint density at radius 1 is 1.27 bits per heavy atom. The number of carbonyl (C=O) groups is 1. The molecule has 0 bridgehead atoms. The average Bonchev–Trinajstić information content (AvgIpc) is 3.08. The quantitative estimate of drug-likeness (QED) is 0.870. The van der Waals surface area contributed by atoms with E-state index in [1.807, 2.05) is 30.3 Å². The van der Waals surface area contributed by atoms with Crippen molar-refractivity contribution in [2.24, 2.45) is 0 Å². The monoisotopic (exact) mass is 298 g/mol. The van der Waals surface area contributed by atoms with Crippen LogP contribution in [0.5, 0.6) is 5.88 Å². The minimum Gasteiger partial charge on any atom is -0.472 e. The molecule has 3 rings (SSSR count). The van der Waals surface area contributed by atoms with Crippen LogP contribution >= 0.6 is 0 Å². The van der Waals surface area contributed by atoms with Crippen molar-refractivity contribution in [3.8, 4) is 5.88 Å². The topological polar surface area (TPSA) is 51.7 Å². The smallest absolute Gasteiger partial charge is 0.259 e. The Bertz CT molecular complexity index is 622. The fraction of sp³-hybridized carbons (Fsp3) is 0.294. The minimum absolute atomic E-state index is 0.0565. The largest absolute Gasteiger partial charge is 0.472 e. The van der Waals surface area contributed by atoms with Crippen molar-refractivity contribution in [3.05, 3.63) is 54.2 Å². The summed E-state index contributed by atoms with van der Waals surface area (Å²) >= 11 is 0. The molecule has 1 atom stereocenters. The highest BCUT2D eigenvalue weighted by molar-refractivity contribution is 6.05. The lowest BCUT2D eigenvalue weighted by Gasteiger charge is -2.17. The first kappa shape index (κ1) is 14.5. The third-order valence-electron chi connectivity index (χ3n) is 3.61. The zero-order valence-corrected chi connectivity index (χ0v) is 12.4. The van der Waals surface area contributed by atoms with E-state index in [9.17, 15) is 4.79 Å². The maximum atomic E-state index is 12.4. The highest BCUT2D eigenvalue weighted by atomic mass is 16.5. The van der Waals surface area contributed by atoms with Crippen LogP contribution in [-0.2, 0) is 4.74 Å². The van der Waals surface area contributed by atoms with Gasteiger partial charge in [-0.05, 0) is 18.2 Å². The molecule has 1 aromatic carbocycles. The summed E-state index contributed by atoms with van der Waals surface area (Å²) in [5.74, 6) is 0.420. The fourth-order valence-electron chi connectivity index (χ4n) is 2.32. The number of amides is 1. The molecule has 0 N–H and O–H groups in total. The average molecular weight is 298 g/mol. The first-order valence-electron chi connectivity index (χ1n) is 7.27. The van der Waals surface area contributed by atoms with E-state index < -0.39 is 0 Å². The van der Waals surface area contributed by atoms with Gasteiger partial charge in [0, 0.05) is 31.4 Å². The summed E-state index contributed by atoms with van der Waals surface area (Å²) in [5.41, 5.74) is 1.37. The summed E-state index contributed by atoms with van der Waals surface area (Å²) in [6.07, 6.45) is 2.48. The molecular formula is C17H18N2O3. The van der Waals surface area contributed by atoms with Gasteiger partial charge in [0.05, 0.1) is 18.8 Å². The summed E-state index contributed by atoms with van der Waals surface area (Å²) < 4.78 is 11.0. The van der Waals surface area contributed by atoms with Crippen LogP contribution in [0.25, 0.3) is 0 Å². The second kappa shape index (κ2) is 6.58. The summed E-state index contributed by atoms with van der Waals surface area (Å²) in [5, 5.41) is 0. The Hall–Kier alpha value is -2.40. The van der Waals surface area contributed by atoms with Crippen molar-refractivity contribution in [2.75, 3.05) is 25.2 Å². The number of nitrogens with zero attached hydrogens (tertiary/aromatic N) is 2. The molecule has 2 heterocycles. The van der Waals surface area contributed by atoms with Gasteiger partial charge in [-0.25, -0.2) is 4.98 Å². The zero-order valence-electron chi connectivity index (χ0n) is 12.4. The molecule has 1 fully saturated rings. The third kappa shape index (κ3) is 3.26. The maximum Gasteiger partial charge on any atom is 0.259 e. The Kier molecular flexibility index (Phi) is 4.34. The number of para-hydroxylation sites is 1. The number of rotatable bonds is 4. The van der Waals surface area contributed by atoms with Crippen LogP contribution in [0.15, 0.2) is 48.7 Å². The van der Waals surface area contributed by atoms with E-state index in [1.54, 1.807) is 30.3 Å². The lowest BCUT2D eigenvalue weighted by molar-refractivity contribution is 0.0992. The van der Waals surface area contributed by atoms with Crippen LogP contribution in [-0.4, -0.2) is 37.3 Å². The number of aromatic nitrogens is 1. The summed E-state index contributed by atoms with van der Waals surface area (Å²) in [6, 6.07) is 13.0. The lowest BCUT2D eigenvalue weighted by Crippen LogP contribution is -2.26. The second-order valence-electron chi connectivity index (χ2n) is 5.19. The van der Waals surface area contributed by atoms with Crippen molar-refractivity contribution in [1.29, 1.82) is 0 Å². The standard InChI is InChI=1S/C17H18N2O3/c1-19(14-5-3-2-4-6-14)17(20)13-7-8-16(18-11-13)22-15-9-10-21-12-15/h2-8,11,15H,9-10,12H2,1H3. The van der Waals surface area contributed by atoms with E-state index in [-0.39, 0.29) is 12.0 Å². The molecule has 1 unspecified atom stereocenters. The molecule has 5 heteroatoms. The van der Waals surface area contributed by atoms with Gasteiger partial charge in [0.15, 0.2) is 0 Å². The molecule has 0 spiro atoms. The molecule has 22 heavy (non-hydrogen) atoms. The number of hydrogen-bond donors (Lipinski definition) is 0. The van der Waals surface area contributed by atoms with Crippen LogP contribution in [0, 0.1) is 0 Å². The number of ether oxygens (including phenoxy) is 2. The van der Waals surface area contributed by atoms with Crippen LogP contribution in [0.1, 0.15) is 16.8 Å². The van der Waals surface area contributed by atoms with Crippen molar-refractivity contribution >= 4 is 11.6 Å². The fourth-order valence-corrected chi connectivity index (χ4v) is 2.32. The van der Waals surface area contributed by atoms with E-state index >= 15 is 0 Å². The first-order chi connectivity index (χ1) is 10.7. The summed E-state index contributed by atoms with van der Waals surface area (Å²) in [4.78, 5) is 18.2. The van der Waals surface area contributed by atoms with Gasteiger partial charge in [0.2, 0.25) is 5.88 Å². The van der Waals surface area contributed by atoms with E-state index in [0.29, 0.717) is 18.1 Å². The lowest BCUT2D eigenvalue weighted by atomic mass is 10.2. The van der Waals surface area contributed by atoms with Gasteiger partial charge >= 0.3 is 0 Å². The summed E-state index contributed by atoms with van der Waals surface area (Å²) in [6.45, 7) is 1.32. The van der Waals surface area contributed by atoms with Crippen molar-refractivity contribution in [3.63, 3.8) is 0 Å². The molecule has 1 amide bonds.